The van der Waals surface area contributed by atoms with Crippen LogP contribution in [0.2, 0.25) is 0 Å². The molecule has 1 aliphatic heterocycles. The van der Waals surface area contributed by atoms with Crippen LogP contribution in [0.15, 0.2) is 18.2 Å². The smallest absolute Gasteiger partial charge is 0.237 e. The highest BCUT2D eigenvalue weighted by Crippen LogP contribution is 2.28. The fourth-order valence-corrected chi connectivity index (χ4v) is 3.05. The molecule has 108 valence electrons. The lowest BCUT2D eigenvalue weighted by Gasteiger charge is -2.32. The van der Waals surface area contributed by atoms with E-state index in [1.807, 2.05) is 32.0 Å². The zero-order valence-electron chi connectivity index (χ0n) is 12.1. The van der Waals surface area contributed by atoms with Crippen molar-refractivity contribution in [2.45, 2.75) is 33.6 Å². The lowest BCUT2D eigenvalue weighted by atomic mass is 9.87. The van der Waals surface area contributed by atoms with Crippen LogP contribution in [-0.2, 0) is 9.59 Å². The molecule has 1 unspecified atom stereocenters. The van der Waals surface area contributed by atoms with Crippen LogP contribution in [0, 0.1) is 22.3 Å². The van der Waals surface area contributed by atoms with Gasteiger partial charge in [-0.2, -0.15) is 0 Å². The van der Waals surface area contributed by atoms with Gasteiger partial charge < -0.3 is 4.90 Å². The summed E-state index contributed by atoms with van der Waals surface area (Å²) in [6, 6.07) is 6.02. The summed E-state index contributed by atoms with van der Waals surface area (Å²) >= 11 is 2.28. The summed E-state index contributed by atoms with van der Waals surface area (Å²) in [7, 11) is 0. The van der Waals surface area contributed by atoms with Crippen molar-refractivity contribution in [3.8, 4) is 0 Å². The second-order valence-electron chi connectivity index (χ2n) is 5.68. The van der Waals surface area contributed by atoms with Crippen LogP contribution in [0.25, 0.3) is 0 Å². The predicted molar refractivity (Wildman–Crippen MR) is 88.8 cm³/mol. The molecule has 1 aliphatic rings. The topological polar surface area (TPSA) is 37.4 Å². The Labute approximate surface area is 133 Å². The Morgan fingerprint density at radius 1 is 1.40 bits per heavy atom. The quantitative estimate of drug-likeness (QED) is 0.590. The van der Waals surface area contributed by atoms with Gasteiger partial charge in [-0.3, -0.25) is 9.59 Å². The molecule has 3 nitrogen and oxygen atoms in total. The molecule has 1 atom stereocenters. The molecule has 0 bridgehead atoms. The Morgan fingerprint density at radius 3 is 2.70 bits per heavy atom. The normalized spacial score (nSPS) is 19.6. The molecule has 1 heterocycles. The summed E-state index contributed by atoms with van der Waals surface area (Å²) in [5.41, 5.74) is 2.11. The lowest BCUT2D eigenvalue weighted by Crippen LogP contribution is -2.45. The fraction of sp³-hybridized carbons (Fsp3) is 0.500. The van der Waals surface area contributed by atoms with Crippen molar-refractivity contribution in [1.29, 1.82) is 0 Å². The van der Waals surface area contributed by atoms with Crippen molar-refractivity contribution in [2.24, 2.45) is 11.8 Å². The summed E-state index contributed by atoms with van der Waals surface area (Å²) in [5.74, 6) is -0.499. The molecule has 1 aromatic rings. The minimum Gasteiger partial charge on any atom is -0.312 e. The van der Waals surface area contributed by atoms with Gasteiger partial charge in [-0.15, -0.1) is 0 Å². The van der Waals surface area contributed by atoms with E-state index in [4.69, 9.17) is 0 Å². The first-order chi connectivity index (χ1) is 9.41. The molecule has 0 N–H and O–H groups in total. The van der Waals surface area contributed by atoms with E-state index in [0.717, 1.165) is 15.7 Å². The predicted octanol–water partition coefficient (Wildman–Crippen LogP) is 3.57. The standard InChI is InChI=1S/C16H20INO2/c1-10(2)15(19)13-5-4-8-18(16(13)20)12-7-6-11(3)14(17)9-12/h6-7,9-10,13H,4-5,8H2,1-3H3. The van der Waals surface area contributed by atoms with E-state index in [-0.39, 0.29) is 17.6 Å². The number of amides is 1. The molecule has 0 saturated carbocycles. The molecule has 2 rings (SSSR count). The van der Waals surface area contributed by atoms with Crippen LogP contribution in [-0.4, -0.2) is 18.2 Å². The number of rotatable bonds is 3. The number of piperidine rings is 1. The van der Waals surface area contributed by atoms with Gasteiger partial charge in [0, 0.05) is 21.7 Å². The lowest BCUT2D eigenvalue weighted by molar-refractivity contribution is -0.135. The highest BCUT2D eigenvalue weighted by molar-refractivity contribution is 14.1. The maximum absolute atomic E-state index is 12.6. The Kier molecular flexibility index (Phi) is 4.83. The Bertz CT molecular complexity index is 539. The van der Waals surface area contributed by atoms with Crippen LogP contribution >= 0.6 is 22.6 Å². The Morgan fingerprint density at radius 2 is 2.10 bits per heavy atom. The number of nitrogens with zero attached hydrogens (tertiary/aromatic N) is 1. The van der Waals surface area contributed by atoms with Gasteiger partial charge in [0.15, 0.2) is 0 Å². The maximum Gasteiger partial charge on any atom is 0.237 e. The second kappa shape index (κ2) is 6.24. The van der Waals surface area contributed by atoms with Gasteiger partial charge in [0.05, 0.1) is 5.92 Å². The third-order valence-electron chi connectivity index (χ3n) is 3.82. The van der Waals surface area contributed by atoms with Crippen molar-refractivity contribution >= 4 is 40.0 Å². The average Bonchev–Trinajstić information content (AvgIpc) is 2.41. The van der Waals surface area contributed by atoms with E-state index in [1.165, 1.54) is 5.56 Å². The minimum atomic E-state index is -0.456. The summed E-state index contributed by atoms with van der Waals surface area (Å²) in [6.45, 7) is 6.49. The Hall–Kier alpha value is -0.910. The summed E-state index contributed by atoms with van der Waals surface area (Å²) in [6.07, 6.45) is 1.58. The molecule has 1 aromatic carbocycles. The number of hydrogen-bond donors (Lipinski definition) is 0. The summed E-state index contributed by atoms with van der Waals surface area (Å²) in [5, 5.41) is 0. The van der Waals surface area contributed by atoms with E-state index < -0.39 is 5.92 Å². The third-order valence-corrected chi connectivity index (χ3v) is 4.98. The van der Waals surface area contributed by atoms with Crippen LogP contribution in [0.4, 0.5) is 5.69 Å². The molecule has 0 radical (unpaired) electrons. The van der Waals surface area contributed by atoms with E-state index in [0.29, 0.717) is 13.0 Å². The van der Waals surface area contributed by atoms with Crippen LogP contribution in [0.1, 0.15) is 32.3 Å². The van der Waals surface area contributed by atoms with Crippen molar-refractivity contribution in [3.05, 3.63) is 27.3 Å². The van der Waals surface area contributed by atoms with Crippen molar-refractivity contribution < 1.29 is 9.59 Å². The molecular formula is C16H20INO2. The van der Waals surface area contributed by atoms with Crippen molar-refractivity contribution in [3.63, 3.8) is 0 Å². The number of hydrogen-bond acceptors (Lipinski definition) is 2. The van der Waals surface area contributed by atoms with Crippen LogP contribution < -0.4 is 4.90 Å². The second-order valence-corrected chi connectivity index (χ2v) is 6.84. The molecule has 20 heavy (non-hydrogen) atoms. The number of benzene rings is 1. The number of aryl methyl sites for hydroxylation is 1. The van der Waals surface area contributed by atoms with E-state index >= 15 is 0 Å². The van der Waals surface area contributed by atoms with Crippen molar-refractivity contribution in [1.82, 2.24) is 0 Å². The van der Waals surface area contributed by atoms with Gasteiger partial charge in [0.2, 0.25) is 5.91 Å². The van der Waals surface area contributed by atoms with E-state index in [2.05, 4.69) is 29.5 Å². The van der Waals surface area contributed by atoms with Crippen LogP contribution in [0.5, 0.6) is 0 Å². The molecule has 0 aliphatic carbocycles. The van der Waals surface area contributed by atoms with Gasteiger partial charge in [0.25, 0.3) is 0 Å². The average molecular weight is 385 g/mol. The first kappa shape index (κ1) is 15.5. The maximum atomic E-state index is 12.6. The van der Waals surface area contributed by atoms with Crippen LogP contribution in [0.3, 0.4) is 0 Å². The number of ketones is 1. The molecule has 0 spiro atoms. The number of carbonyl (C=O) groups excluding carboxylic acids is 2. The number of Topliss-reactive ketones (excluding diaryl/α,β-unsaturated/α-hetero) is 1. The van der Waals surface area contributed by atoms with Gasteiger partial charge in [-0.1, -0.05) is 19.9 Å². The fourth-order valence-electron chi connectivity index (χ4n) is 2.55. The van der Waals surface area contributed by atoms with Gasteiger partial charge >= 0.3 is 0 Å². The first-order valence-electron chi connectivity index (χ1n) is 7.03. The largest absolute Gasteiger partial charge is 0.312 e. The van der Waals surface area contributed by atoms with Gasteiger partial charge in [-0.05, 0) is 60.1 Å². The molecular weight excluding hydrogens is 365 g/mol. The zero-order valence-corrected chi connectivity index (χ0v) is 14.3. The Balaban J connectivity index is 2.26. The summed E-state index contributed by atoms with van der Waals surface area (Å²) < 4.78 is 1.14. The third kappa shape index (κ3) is 3.05. The van der Waals surface area contributed by atoms with E-state index in [1.54, 1.807) is 4.90 Å². The molecule has 1 saturated heterocycles. The highest BCUT2D eigenvalue weighted by atomic mass is 127. The van der Waals surface area contributed by atoms with Gasteiger partial charge in [-0.25, -0.2) is 0 Å². The molecule has 0 aromatic heterocycles. The number of halogens is 1. The van der Waals surface area contributed by atoms with E-state index in [9.17, 15) is 9.59 Å². The monoisotopic (exact) mass is 385 g/mol. The first-order valence-corrected chi connectivity index (χ1v) is 8.11. The zero-order chi connectivity index (χ0) is 14.9. The SMILES string of the molecule is Cc1ccc(N2CCCC(C(=O)C(C)C)C2=O)cc1I. The molecule has 1 amide bonds. The number of anilines is 1. The minimum absolute atomic E-state index is 0.0328. The number of carbonyl (C=O) groups is 2. The molecule has 1 fully saturated rings. The summed E-state index contributed by atoms with van der Waals surface area (Å²) in [4.78, 5) is 26.5. The molecule has 4 heteroatoms. The highest BCUT2D eigenvalue weighted by Gasteiger charge is 2.35. The van der Waals surface area contributed by atoms with Crippen molar-refractivity contribution in [2.75, 3.05) is 11.4 Å². The van der Waals surface area contributed by atoms with Gasteiger partial charge in [0.1, 0.15) is 5.78 Å².